The van der Waals surface area contributed by atoms with Crippen LogP contribution in [0, 0.1) is 5.82 Å². The summed E-state index contributed by atoms with van der Waals surface area (Å²) in [6, 6.07) is 4.40. The van der Waals surface area contributed by atoms with Gasteiger partial charge in [0.05, 0.1) is 25.4 Å². The van der Waals surface area contributed by atoms with Crippen LogP contribution in [0.4, 0.5) is 4.39 Å². The van der Waals surface area contributed by atoms with Gasteiger partial charge >= 0.3 is 0 Å². The first kappa shape index (κ1) is 20.9. The van der Waals surface area contributed by atoms with Crippen molar-refractivity contribution in [3.8, 4) is 11.5 Å². The van der Waals surface area contributed by atoms with E-state index >= 15 is 0 Å². The molecular formula is C22H26FN5O4. The number of nitrogens with one attached hydrogen (secondary N) is 1. The zero-order valence-corrected chi connectivity index (χ0v) is 18.1. The zero-order chi connectivity index (χ0) is 22.2. The Kier molecular flexibility index (Phi) is 5.56. The smallest absolute Gasteiger partial charge is 0.262 e. The van der Waals surface area contributed by atoms with Crippen molar-refractivity contribution in [2.75, 3.05) is 33.4 Å². The molecule has 0 spiro atoms. The lowest BCUT2D eigenvalue weighted by atomic mass is 10.1. The van der Waals surface area contributed by atoms with Crippen LogP contribution in [0.2, 0.25) is 0 Å². The van der Waals surface area contributed by atoms with Crippen LogP contribution in [0.5, 0.6) is 11.5 Å². The second-order valence-corrected chi connectivity index (χ2v) is 8.32. The molecule has 0 aliphatic carbocycles. The number of nitrogens with zero attached hydrogens (tertiary/aromatic N) is 4. The van der Waals surface area contributed by atoms with Gasteiger partial charge in [-0.2, -0.15) is 5.10 Å². The molecule has 0 bridgehead atoms. The van der Waals surface area contributed by atoms with Gasteiger partial charge in [-0.15, -0.1) is 0 Å². The van der Waals surface area contributed by atoms with E-state index in [1.807, 2.05) is 11.6 Å². The molecule has 2 aliphatic rings. The highest BCUT2D eigenvalue weighted by Gasteiger charge is 2.34. The summed E-state index contributed by atoms with van der Waals surface area (Å²) < 4.78 is 32.0. The Morgan fingerprint density at radius 3 is 2.72 bits per heavy atom. The van der Waals surface area contributed by atoms with E-state index in [4.69, 9.17) is 19.2 Å². The van der Waals surface area contributed by atoms with Crippen molar-refractivity contribution in [1.29, 1.82) is 0 Å². The van der Waals surface area contributed by atoms with Gasteiger partial charge < -0.3 is 19.2 Å². The fraction of sp³-hybridized carbons (Fsp3) is 0.500. The summed E-state index contributed by atoms with van der Waals surface area (Å²) in [7, 11) is 1.49. The van der Waals surface area contributed by atoms with Crippen LogP contribution in [0.3, 0.4) is 0 Å². The van der Waals surface area contributed by atoms with Gasteiger partial charge in [0.1, 0.15) is 34.6 Å². The summed E-state index contributed by atoms with van der Waals surface area (Å²) in [5.74, 6) is 1.05. The lowest BCUT2D eigenvalue weighted by Gasteiger charge is -2.42. The summed E-state index contributed by atoms with van der Waals surface area (Å²) in [4.78, 5) is 22.5. The Labute approximate surface area is 184 Å². The molecular weight excluding hydrogens is 417 g/mol. The lowest BCUT2D eigenvalue weighted by molar-refractivity contribution is -0.00757. The predicted octanol–water partition coefficient (Wildman–Crippen LogP) is 2.44. The Morgan fingerprint density at radius 1 is 1.22 bits per heavy atom. The number of ether oxygens (including phenoxy) is 3. The van der Waals surface area contributed by atoms with E-state index in [0.717, 1.165) is 12.8 Å². The molecule has 32 heavy (non-hydrogen) atoms. The average molecular weight is 443 g/mol. The SMILES string of the molecule is COc1cc(F)cc(OC2CN(C(C)c3nc4c(cnn4C4CCOCC4)c(=O)[nH]3)C2)c1. The summed E-state index contributed by atoms with van der Waals surface area (Å²) >= 11 is 0. The van der Waals surface area contributed by atoms with Gasteiger partial charge in [-0.05, 0) is 19.8 Å². The molecule has 5 rings (SSSR count). The second-order valence-electron chi connectivity index (χ2n) is 8.32. The molecule has 1 N–H and O–H groups in total. The minimum absolute atomic E-state index is 0.0767. The van der Waals surface area contributed by atoms with Crippen LogP contribution >= 0.6 is 0 Å². The van der Waals surface area contributed by atoms with Crippen molar-refractivity contribution < 1.29 is 18.6 Å². The molecule has 1 atom stereocenters. The maximum Gasteiger partial charge on any atom is 0.262 e. The van der Waals surface area contributed by atoms with E-state index in [2.05, 4.69) is 15.0 Å². The first-order valence-electron chi connectivity index (χ1n) is 10.8. The van der Waals surface area contributed by atoms with E-state index in [1.165, 1.54) is 19.2 Å². The maximum absolute atomic E-state index is 13.7. The van der Waals surface area contributed by atoms with E-state index in [-0.39, 0.29) is 23.7 Å². The van der Waals surface area contributed by atoms with Crippen molar-refractivity contribution in [3.63, 3.8) is 0 Å². The van der Waals surface area contributed by atoms with Crippen LogP contribution in [0.15, 0.2) is 29.2 Å². The number of halogens is 1. The summed E-state index contributed by atoms with van der Waals surface area (Å²) in [5, 5.41) is 4.94. The third kappa shape index (κ3) is 3.95. The fourth-order valence-corrected chi connectivity index (χ4v) is 4.30. The average Bonchev–Trinajstić information content (AvgIpc) is 3.20. The van der Waals surface area contributed by atoms with E-state index in [9.17, 15) is 9.18 Å². The number of hydrogen-bond acceptors (Lipinski definition) is 7. The fourth-order valence-electron chi connectivity index (χ4n) is 4.30. The Bertz CT molecular complexity index is 1170. The second kappa shape index (κ2) is 8.51. The standard InChI is InChI=1S/C22H26FN5O4/c1-13(27-11-18(12-27)32-17-8-14(23)7-16(9-17)30-2)20-25-21-19(22(29)26-20)10-24-28(21)15-3-5-31-6-4-15/h7-10,13,15,18H,3-6,11-12H2,1-2H3,(H,25,26,29). The number of aromatic nitrogens is 4. The molecule has 9 nitrogen and oxygen atoms in total. The van der Waals surface area contributed by atoms with Gasteiger partial charge in [-0.3, -0.25) is 9.69 Å². The van der Waals surface area contributed by atoms with Crippen LogP contribution in [-0.2, 0) is 4.74 Å². The number of benzene rings is 1. The quantitative estimate of drug-likeness (QED) is 0.625. The van der Waals surface area contributed by atoms with Gasteiger partial charge in [-0.1, -0.05) is 0 Å². The van der Waals surface area contributed by atoms with Crippen molar-refractivity contribution in [1.82, 2.24) is 24.6 Å². The molecule has 1 aromatic carbocycles. The first-order valence-corrected chi connectivity index (χ1v) is 10.8. The molecule has 170 valence electrons. The maximum atomic E-state index is 13.7. The Balaban J connectivity index is 1.30. The third-order valence-electron chi connectivity index (χ3n) is 6.22. The minimum atomic E-state index is -0.403. The Morgan fingerprint density at radius 2 is 1.97 bits per heavy atom. The molecule has 2 saturated heterocycles. The number of fused-ring (bicyclic) bond motifs is 1. The van der Waals surface area contributed by atoms with Gasteiger partial charge in [0.15, 0.2) is 5.65 Å². The van der Waals surface area contributed by atoms with E-state index in [1.54, 1.807) is 12.3 Å². The van der Waals surface area contributed by atoms with Crippen LogP contribution < -0.4 is 15.0 Å². The highest BCUT2D eigenvalue weighted by atomic mass is 19.1. The molecule has 2 aliphatic heterocycles. The highest BCUT2D eigenvalue weighted by molar-refractivity contribution is 5.73. The normalized spacial score (nSPS) is 19.1. The van der Waals surface area contributed by atoms with Crippen LogP contribution in [-0.4, -0.2) is 64.2 Å². The number of H-pyrrole nitrogens is 1. The molecule has 3 aromatic rings. The molecule has 0 radical (unpaired) electrons. The van der Waals surface area contributed by atoms with E-state index < -0.39 is 5.82 Å². The monoisotopic (exact) mass is 443 g/mol. The van der Waals surface area contributed by atoms with Crippen molar-refractivity contribution in [2.24, 2.45) is 0 Å². The Hall–Kier alpha value is -2.98. The topological polar surface area (TPSA) is 94.5 Å². The van der Waals surface area contributed by atoms with Gasteiger partial charge in [0.2, 0.25) is 0 Å². The summed E-state index contributed by atoms with van der Waals surface area (Å²) in [6.07, 6.45) is 3.22. The largest absolute Gasteiger partial charge is 0.497 e. The number of likely N-dealkylation sites (tertiary alicyclic amines) is 1. The number of hydrogen-bond donors (Lipinski definition) is 1. The molecule has 2 aromatic heterocycles. The molecule has 10 heteroatoms. The number of methoxy groups -OCH3 is 1. The highest BCUT2D eigenvalue weighted by Crippen LogP contribution is 2.29. The predicted molar refractivity (Wildman–Crippen MR) is 115 cm³/mol. The van der Waals surface area contributed by atoms with Crippen molar-refractivity contribution in [3.05, 3.63) is 46.4 Å². The van der Waals surface area contributed by atoms with Crippen LogP contribution in [0.25, 0.3) is 11.0 Å². The van der Waals surface area contributed by atoms with Gasteiger partial charge in [-0.25, -0.2) is 14.1 Å². The molecule has 1 unspecified atom stereocenters. The first-order chi connectivity index (χ1) is 15.5. The van der Waals surface area contributed by atoms with Gasteiger partial charge in [0.25, 0.3) is 5.56 Å². The molecule has 0 amide bonds. The molecule has 2 fully saturated rings. The van der Waals surface area contributed by atoms with Gasteiger partial charge in [0, 0.05) is 44.5 Å². The molecule has 0 saturated carbocycles. The number of rotatable bonds is 6. The number of aromatic amines is 1. The zero-order valence-electron chi connectivity index (χ0n) is 18.1. The lowest BCUT2D eigenvalue weighted by Crippen LogP contribution is -2.54. The summed E-state index contributed by atoms with van der Waals surface area (Å²) in [6.45, 7) is 4.65. The third-order valence-corrected chi connectivity index (χ3v) is 6.22. The van der Waals surface area contributed by atoms with E-state index in [0.29, 0.717) is 54.7 Å². The molecule has 4 heterocycles. The van der Waals surface area contributed by atoms with Crippen LogP contribution in [0.1, 0.15) is 37.7 Å². The minimum Gasteiger partial charge on any atom is -0.497 e. The summed E-state index contributed by atoms with van der Waals surface area (Å²) in [5.41, 5.74) is 0.429. The van der Waals surface area contributed by atoms with Crippen molar-refractivity contribution >= 4 is 11.0 Å². The van der Waals surface area contributed by atoms with Crippen molar-refractivity contribution in [2.45, 2.75) is 38.0 Å².